The molecule has 1 aromatic rings. The minimum Gasteiger partial charge on any atom is -0.384 e. The van der Waals surface area contributed by atoms with E-state index in [4.69, 9.17) is 4.74 Å². The van der Waals surface area contributed by atoms with Crippen LogP contribution in [0.5, 0.6) is 0 Å². The van der Waals surface area contributed by atoms with Gasteiger partial charge in [0.25, 0.3) is 0 Å². The van der Waals surface area contributed by atoms with Crippen molar-refractivity contribution in [3.63, 3.8) is 0 Å². The van der Waals surface area contributed by atoms with E-state index >= 15 is 0 Å². The normalized spacial score (nSPS) is 15.5. The topological polar surface area (TPSA) is 53.6 Å². The lowest BCUT2D eigenvalue weighted by atomic mass is 10.2. The Bertz CT molecular complexity index is 490. The monoisotopic (exact) mass is 369 g/mol. The highest BCUT2D eigenvalue weighted by Crippen LogP contribution is 2.19. The largest absolute Gasteiger partial charge is 0.384 e. The summed E-state index contributed by atoms with van der Waals surface area (Å²) < 4.78 is 6.37. The Labute approximate surface area is 140 Å². The van der Waals surface area contributed by atoms with E-state index in [1.165, 1.54) is 5.56 Å². The molecule has 1 aliphatic rings. The van der Waals surface area contributed by atoms with Crippen molar-refractivity contribution in [3.05, 3.63) is 28.2 Å². The Morgan fingerprint density at radius 2 is 2.09 bits per heavy atom. The minimum absolute atomic E-state index is 0.0931. The van der Waals surface area contributed by atoms with Gasteiger partial charge in [-0.3, -0.25) is 9.69 Å². The fourth-order valence-corrected chi connectivity index (χ4v) is 2.88. The summed E-state index contributed by atoms with van der Waals surface area (Å²) in [6.07, 6.45) is 0.485. The molecule has 1 aromatic carbocycles. The van der Waals surface area contributed by atoms with Crippen LogP contribution in [0.3, 0.4) is 0 Å². The number of aryl methyl sites for hydroxylation is 1. The van der Waals surface area contributed by atoms with Crippen LogP contribution in [0.25, 0.3) is 0 Å². The molecule has 1 saturated heterocycles. The molecule has 1 fully saturated rings. The molecule has 22 heavy (non-hydrogen) atoms. The van der Waals surface area contributed by atoms with E-state index in [0.717, 1.165) is 43.0 Å². The van der Waals surface area contributed by atoms with Gasteiger partial charge in [-0.1, -0.05) is 15.9 Å². The number of halogens is 1. The number of amides is 1. The highest BCUT2D eigenvalue weighted by atomic mass is 79.9. The van der Waals surface area contributed by atoms with E-state index in [0.29, 0.717) is 19.5 Å². The first kappa shape index (κ1) is 17.2. The highest BCUT2D eigenvalue weighted by molar-refractivity contribution is 9.10. The average Bonchev–Trinajstić information content (AvgIpc) is 2.50. The van der Waals surface area contributed by atoms with Crippen LogP contribution in [-0.4, -0.2) is 56.7 Å². The molecule has 122 valence electrons. The Hall–Kier alpha value is -1.11. The van der Waals surface area contributed by atoms with Gasteiger partial charge in [-0.25, -0.2) is 0 Å². The van der Waals surface area contributed by atoms with Crippen LogP contribution in [-0.2, 0) is 9.53 Å². The number of carbonyl (C=O) groups excluding carboxylic acids is 1. The minimum atomic E-state index is 0.0931. The van der Waals surface area contributed by atoms with Crippen LogP contribution >= 0.6 is 15.9 Å². The first-order valence-corrected chi connectivity index (χ1v) is 8.51. The molecule has 1 amide bonds. The number of ether oxygens (including phenoxy) is 1. The first-order chi connectivity index (χ1) is 10.6. The van der Waals surface area contributed by atoms with Gasteiger partial charge in [0.2, 0.25) is 5.91 Å². The van der Waals surface area contributed by atoms with Gasteiger partial charge in [0, 0.05) is 49.3 Å². The van der Waals surface area contributed by atoms with E-state index < -0.39 is 0 Å². The van der Waals surface area contributed by atoms with Crippen molar-refractivity contribution in [2.75, 3.05) is 51.3 Å². The number of nitrogens with zero attached hydrogens (tertiary/aromatic N) is 1. The lowest BCUT2D eigenvalue weighted by Gasteiger charge is -2.26. The van der Waals surface area contributed by atoms with Crippen molar-refractivity contribution in [2.45, 2.75) is 13.3 Å². The molecule has 0 saturated carbocycles. The van der Waals surface area contributed by atoms with Gasteiger partial charge in [0.05, 0.1) is 13.2 Å². The van der Waals surface area contributed by atoms with Crippen molar-refractivity contribution < 1.29 is 9.53 Å². The summed E-state index contributed by atoms with van der Waals surface area (Å²) in [4.78, 5) is 14.1. The summed E-state index contributed by atoms with van der Waals surface area (Å²) in [6, 6.07) is 6.08. The zero-order chi connectivity index (χ0) is 15.8. The number of hydrogen-bond acceptors (Lipinski definition) is 4. The van der Waals surface area contributed by atoms with Crippen LogP contribution in [0, 0.1) is 6.92 Å². The second-order valence-corrected chi connectivity index (χ2v) is 6.36. The Morgan fingerprint density at radius 3 is 2.82 bits per heavy atom. The molecule has 1 heterocycles. The smallest absolute Gasteiger partial charge is 0.221 e. The zero-order valence-corrected chi connectivity index (χ0v) is 14.6. The maximum Gasteiger partial charge on any atom is 0.221 e. The van der Waals surface area contributed by atoms with E-state index in [1.807, 2.05) is 12.1 Å². The molecule has 2 rings (SSSR count). The second-order valence-electron chi connectivity index (χ2n) is 5.44. The van der Waals surface area contributed by atoms with E-state index in [9.17, 15) is 4.79 Å². The molecule has 0 atom stereocenters. The van der Waals surface area contributed by atoms with E-state index in [2.05, 4.69) is 44.5 Å². The number of carbonyl (C=O) groups is 1. The third-order valence-corrected chi connectivity index (χ3v) is 4.20. The third-order valence-electron chi connectivity index (χ3n) is 3.71. The van der Waals surface area contributed by atoms with Gasteiger partial charge in [-0.05, 0) is 30.7 Å². The number of anilines is 1. The van der Waals surface area contributed by atoms with Gasteiger partial charge >= 0.3 is 0 Å². The molecule has 0 unspecified atom stereocenters. The summed E-state index contributed by atoms with van der Waals surface area (Å²) in [5.74, 6) is 0.0931. The molecule has 6 heteroatoms. The second kappa shape index (κ2) is 9.12. The van der Waals surface area contributed by atoms with Gasteiger partial charge < -0.3 is 15.4 Å². The van der Waals surface area contributed by atoms with Gasteiger partial charge in [-0.15, -0.1) is 0 Å². The summed E-state index contributed by atoms with van der Waals surface area (Å²) in [5.41, 5.74) is 2.24. The summed E-state index contributed by atoms with van der Waals surface area (Å²) in [5, 5.41) is 6.27. The molecule has 0 spiro atoms. The van der Waals surface area contributed by atoms with Gasteiger partial charge in [0.15, 0.2) is 0 Å². The van der Waals surface area contributed by atoms with Crippen LogP contribution in [0.15, 0.2) is 22.7 Å². The third kappa shape index (κ3) is 5.94. The predicted octanol–water partition coefficient (Wildman–Crippen LogP) is 2.01. The van der Waals surface area contributed by atoms with Gasteiger partial charge in [-0.2, -0.15) is 0 Å². The van der Waals surface area contributed by atoms with Gasteiger partial charge in [0.1, 0.15) is 0 Å². The SMILES string of the molecule is Cc1cc(Br)ccc1NCCC(=O)NCCN1CCOCC1. The quantitative estimate of drug-likeness (QED) is 0.771. The maximum atomic E-state index is 11.8. The Balaban J connectivity index is 1.59. The van der Waals surface area contributed by atoms with Crippen molar-refractivity contribution in [1.29, 1.82) is 0 Å². The number of hydrogen-bond donors (Lipinski definition) is 2. The maximum absolute atomic E-state index is 11.8. The fraction of sp³-hybridized carbons (Fsp3) is 0.562. The van der Waals surface area contributed by atoms with Crippen molar-refractivity contribution in [1.82, 2.24) is 10.2 Å². The average molecular weight is 370 g/mol. The predicted molar refractivity (Wildman–Crippen MR) is 92.3 cm³/mol. The first-order valence-electron chi connectivity index (χ1n) is 7.72. The molecular formula is C16H24BrN3O2. The van der Waals surface area contributed by atoms with Crippen LogP contribution in [0.1, 0.15) is 12.0 Å². The van der Waals surface area contributed by atoms with Crippen LogP contribution in [0.2, 0.25) is 0 Å². The van der Waals surface area contributed by atoms with Crippen molar-refractivity contribution >= 4 is 27.5 Å². The summed E-state index contributed by atoms with van der Waals surface area (Å²) in [7, 11) is 0. The molecule has 2 N–H and O–H groups in total. The molecule has 0 bridgehead atoms. The fourth-order valence-electron chi connectivity index (χ4n) is 2.40. The van der Waals surface area contributed by atoms with Crippen LogP contribution in [0.4, 0.5) is 5.69 Å². The zero-order valence-electron chi connectivity index (χ0n) is 13.0. The molecule has 0 radical (unpaired) electrons. The molecule has 5 nitrogen and oxygen atoms in total. The van der Waals surface area contributed by atoms with E-state index in [-0.39, 0.29) is 5.91 Å². The molecule has 0 aromatic heterocycles. The highest BCUT2D eigenvalue weighted by Gasteiger charge is 2.10. The Kier molecular flexibility index (Phi) is 7.15. The standard InChI is InChI=1S/C16H24BrN3O2/c1-13-12-14(17)2-3-15(13)18-5-4-16(21)19-6-7-20-8-10-22-11-9-20/h2-3,12,18H,4-11H2,1H3,(H,19,21). The molecular weight excluding hydrogens is 346 g/mol. The number of benzene rings is 1. The number of morpholine rings is 1. The molecule has 1 aliphatic heterocycles. The lowest BCUT2D eigenvalue weighted by Crippen LogP contribution is -2.41. The summed E-state index contributed by atoms with van der Waals surface area (Å²) in [6.45, 7) is 7.81. The summed E-state index contributed by atoms with van der Waals surface area (Å²) >= 11 is 3.45. The number of nitrogens with one attached hydrogen (secondary N) is 2. The molecule has 0 aliphatic carbocycles. The lowest BCUT2D eigenvalue weighted by molar-refractivity contribution is -0.120. The van der Waals surface area contributed by atoms with Crippen molar-refractivity contribution in [2.24, 2.45) is 0 Å². The van der Waals surface area contributed by atoms with Crippen molar-refractivity contribution in [3.8, 4) is 0 Å². The Morgan fingerprint density at radius 1 is 1.32 bits per heavy atom. The number of rotatable bonds is 7. The van der Waals surface area contributed by atoms with Crippen LogP contribution < -0.4 is 10.6 Å². The van der Waals surface area contributed by atoms with E-state index in [1.54, 1.807) is 0 Å².